The first kappa shape index (κ1) is 15.4. The number of anilines is 1. The fourth-order valence-electron chi connectivity index (χ4n) is 2.18. The lowest BCUT2D eigenvalue weighted by molar-refractivity contribution is 0.302. The molecule has 0 unspecified atom stereocenters. The third kappa shape index (κ3) is 5.14. The van der Waals surface area contributed by atoms with Gasteiger partial charge in [-0.25, -0.2) is 4.98 Å². The van der Waals surface area contributed by atoms with Crippen LogP contribution in [0, 0.1) is 6.92 Å². The fourth-order valence-corrected chi connectivity index (χ4v) is 2.18. The number of nitrogens with one attached hydrogen (secondary N) is 1. The van der Waals surface area contributed by atoms with E-state index in [0.717, 1.165) is 43.5 Å². The van der Waals surface area contributed by atoms with Crippen LogP contribution in [0.3, 0.4) is 0 Å². The predicted octanol–water partition coefficient (Wildman–Crippen LogP) is 3.87. The highest BCUT2D eigenvalue weighted by molar-refractivity contribution is 5.28. The van der Waals surface area contributed by atoms with Crippen molar-refractivity contribution in [1.29, 1.82) is 0 Å². The van der Waals surface area contributed by atoms with Crippen molar-refractivity contribution in [3.63, 3.8) is 0 Å². The molecular formula is C17H25N3O. The second-order valence-corrected chi connectivity index (χ2v) is 5.19. The summed E-state index contributed by atoms with van der Waals surface area (Å²) in [7, 11) is 0. The van der Waals surface area contributed by atoms with E-state index in [1.165, 1.54) is 12.8 Å². The molecule has 1 aromatic heterocycles. The lowest BCUT2D eigenvalue weighted by Gasteiger charge is -2.10. The van der Waals surface area contributed by atoms with Gasteiger partial charge in [-0.15, -0.1) is 0 Å². The number of rotatable bonds is 9. The number of benzene rings is 1. The Balaban J connectivity index is 1.77. The second-order valence-electron chi connectivity index (χ2n) is 5.19. The number of para-hydroxylation sites is 1. The monoisotopic (exact) mass is 287 g/mol. The van der Waals surface area contributed by atoms with Gasteiger partial charge in [-0.2, -0.15) is 0 Å². The van der Waals surface area contributed by atoms with Crippen molar-refractivity contribution in [2.75, 3.05) is 18.5 Å². The van der Waals surface area contributed by atoms with E-state index < -0.39 is 0 Å². The molecule has 1 N–H and O–H groups in total. The highest BCUT2D eigenvalue weighted by Gasteiger charge is 2.04. The molecule has 0 saturated carbocycles. The SMILES string of the molecule is CCCCNc1nc(C)cn1CCCOc1ccccc1. The summed E-state index contributed by atoms with van der Waals surface area (Å²) in [6.45, 7) is 6.84. The van der Waals surface area contributed by atoms with E-state index >= 15 is 0 Å². The quantitative estimate of drug-likeness (QED) is 0.712. The van der Waals surface area contributed by atoms with Gasteiger partial charge in [-0.05, 0) is 31.9 Å². The van der Waals surface area contributed by atoms with Crippen LogP contribution in [-0.2, 0) is 6.54 Å². The van der Waals surface area contributed by atoms with Crippen LogP contribution in [0.15, 0.2) is 36.5 Å². The van der Waals surface area contributed by atoms with Crippen LogP contribution in [0.2, 0.25) is 0 Å². The summed E-state index contributed by atoms with van der Waals surface area (Å²) in [4.78, 5) is 4.53. The summed E-state index contributed by atoms with van der Waals surface area (Å²) < 4.78 is 7.90. The van der Waals surface area contributed by atoms with Crippen LogP contribution in [-0.4, -0.2) is 22.7 Å². The largest absolute Gasteiger partial charge is 0.494 e. The van der Waals surface area contributed by atoms with Gasteiger partial charge in [0.05, 0.1) is 12.3 Å². The smallest absolute Gasteiger partial charge is 0.203 e. The summed E-state index contributed by atoms with van der Waals surface area (Å²) in [5, 5.41) is 3.40. The maximum Gasteiger partial charge on any atom is 0.203 e. The molecule has 0 aliphatic carbocycles. The minimum absolute atomic E-state index is 0.718. The van der Waals surface area contributed by atoms with E-state index in [1.807, 2.05) is 37.3 Å². The zero-order chi connectivity index (χ0) is 14.9. The van der Waals surface area contributed by atoms with E-state index in [9.17, 15) is 0 Å². The van der Waals surface area contributed by atoms with Crippen LogP contribution < -0.4 is 10.1 Å². The maximum absolute atomic E-state index is 5.72. The van der Waals surface area contributed by atoms with Crippen molar-refractivity contribution in [3.05, 3.63) is 42.2 Å². The Kier molecular flexibility index (Phi) is 6.13. The summed E-state index contributed by atoms with van der Waals surface area (Å²) in [5.41, 5.74) is 1.05. The molecule has 21 heavy (non-hydrogen) atoms. The van der Waals surface area contributed by atoms with Gasteiger partial charge in [-0.3, -0.25) is 0 Å². The molecule has 1 aromatic carbocycles. The standard InChI is InChI=1S/C17H25N3O/c1-3-4-11-18-17-19-15(2)14-20(17)12-8-13-21-16-9-6-5-7-10-16/h5-7,9-10,14H,3-4,8,11-13H2,1-2H3,(H,18,19). The molecule has 4 nitrogen and oxygen atoms in total. The highest BCUT2D eigenvalue weighted by Crippen LogP contribution is 2.11. The van der Waals surface area contributed by atoms with Crippen molar-refractivity contribution in [2.45, 2.75) is 39.7 Å². The fraction of sp³-hybridized carbons (Fsp3) is 0.471. The van der Waals surface area contributed by atoms with E-state index in [1.54, 1.807) is 0 Å². The van der Waals surface area contributed by atoms with Crippen molar-refractivity contribution < 1.29 is 4.74 Å². The summed E-state index contributed by atoms with van der Waals surface area (Å²) in [5.74, 6) is 1.90. The van der Waals surface area contributed by atoms with Crippen LogP contribution >= 0.6 is 0 Å². The van der Waals surface area contributed by atoms with Gasteiger partial charge in [-0.1, -0.05) is 31.5 Å². The summed E-state index contributed by atoms with van der Waals surface area (Å²) in [6, 6.07) is 9.95. The van der Waals surface area contributed by atoms with Crippen LogP contribution in [0.25, 0.3) is 0 Å². The Morgan fingerprint density at radius 2 is 2.00 bits per heavy atom. The molecule has 0 radical (unpaired) electrons. The summed E-state index contributed by atoms with van der Waals surface area (Å²) >= 11 is 0. The Hall–Kier alpha value is -1.97. The van der Waals surface area contributed by atoms with Gasteiger partial charge in [0.15, 0.2) is 0 Å². The van der Waals surface area contributed by atoms with Gasteiger partial charge < -0.3 is 14.6 Å². The number of hydrogen-bond acceptors (Lipinski definition) is 3. The minimum Gasteiger partial charge on any atom is -0.494 e. The molecule has 0 fully saturated rings. The Bertz CT molecular complexity index is 522. The van der Waals surface area contributed by atoms with E-state index in [4.69, 9.17) is 4.74 Å². The van der Waals surface area contributed by atoms with Crippen molar-refractivity contribution in [2.24, 2.45) is 0 Å². The van der Waals surface area contributed by atoms with Gasteiger partial charge in [0.2, 0.25) is 5.95 Å². The van der Waals surface area contributed by atoms with Gasteiger partial charge in [0, 0.05) is 19.3 Å². The van der Waals surface area contributed by atoms with E-state index in [-0.39, 0.29) is 0 Å². The number of imidazole rings is 1. The first-order chi connectivity index (χ1) is 10.3. The molecule has 2 rings (SSSR count). The number of aryl methyl sites for hydroxylation is 2. The molecule has 0 bridgehead atoms. The minimum atomic E-state index is 0.718. The first-order valence-corrected chi connectivity index (χ1v) is 7.75. The average molecular weight is 287 g/mol. The first-order valence-electron chi connectivity index (χ1n) is 7.75. The number of unbranched alkanes of at least 4 members (excludes halogenated alkanes) is 1. The highest BCUT2D eigenvalue weighted by atomic mass is 16.5. The van der Waals surface area contributed by atoms with Gasteiger partial charge in [0.1, 0.15) is 5.75 Å². The molecule has 0 aliphatic rings. The molecule has 114 valence electrons. The number of aromatic nitrogens is 2. The van der Waals surface area contributed by atoms with Crippen LogP contribution in [0.5, 0.6) is 5.75 Å². The topological polar surface area (TPSA) is 39.1 Å². The lowest BCUT2D eigenvalue weighted by atomic mass is 10.3. The molecule has 0 spiro atoms. The van der Waals surface area contributed by atoms with Crippen LogP contribution in [0.4, 0.5) is 5.95 Å². The van der Waals surface area contributed by atoms with Gasteiger partial charge >= 0.3 is 0 Å². The molecule has 4 heteroatoms. The Morgan fingerprint density at radius 3 is 2.76 bits per heavy atom. The van der Waals surface area contributed by atoms with Crippen molar-refractivity contribution in [1.82, 2.24) is 9.55 Å². The number of nitrogens with zero attached hydrogens (tertiary/aromatic N) is 2. The third-order valence-corrected chi connectivity index (χ3v) is 3.27. The normalized spacial score (nSPS) is 10.6. The lowest BCUT2D eigenvalue weighted by Crippen LogP contribution is -2.10. The molecule has 0 amide bonds. The molecule has 1 heterocycles. The third-order valence-electron chi connectivity index (χ3n) is 3.27. The predicted molar refractivity (Wildman–Crippen MR) is 86.9 cm³/mol. The number of hydrogen-bond donors (Lipinski definition) is 1. The molecule has 0 atom stereocenters. The zero-order valence-corrected chi connectivity index (χ0v) is 13.0. The molecule has 2 aromatic rings. The maximum atomic E-state index is 5.72. The zero-order valence-electron chi connectivity index (χ0n) is 13.0. The Morgan fingerprint density at radius 1 is 1.19 bits per heavy atom. The van der Waals surface area contributed by atoms with E-state index in [0.29, 0.717) is 0 Å². The second kappa shape index (κ2) is 8.35. The van der Waals surface area contributed by atoms with Crippen molar-refractivity contribution in [3.8, 4) is 5.75 Å². The molecule has 0 aliphatic heterocycles. The molecular weight excluding hydrogens is 262 g/mol. The van der Waals surface area contributed by atoms with E-state index in [2.05, 4.69) is 28.0 Å². The van der Waals surface area contributed by atoms with Crippen LogP contribution in [0.1, 0.15) is 31.9 Å². The number of ether oxygens (including phenoxy) is 1. The average Bonchev–Trinajstić information content (AvgIpc) is 2.85. The summed E-state index contributed by atoms with van der Waals surface area (Å²) in [6.07, 6.45) is 5.42. The van der Waals surface area contributed by atoms with Crippen molar-refractivity contribution >= 4 is 5.95 Å². The Labute approximate surface area is 127 Å². The molecule has 0 saturated heterocycles. The van der Waals surface area contributed by atoms with Gasteiger partial charge in [0.25, 0.3) is 0 Å².